The zero-order valence-electron chi connectivity index (χ0n) is 10.7. The van der Waals surface area contributed by atoms with Crippen molar-refractivity contribution in [2.45, 2.75) is 32.1 Å². The van der Waals surface area contributed by atoms with Crippen LogP contribution in [0.1, 0.15) is 24.5 Å². The van der Waals surface area contributed by atoms with E-state index in [1.165, 1.54) is 0 Å². The number of hydrogen-bond acceptors (Lipinski definition) is 3. The van der Waals surface area contributed by atoms with Gasteiger partial charge in [0.25, 0.3) is 0 Å². The minimum atomic E-state index is -3.00. The molecule has 4 heteroatoms. The van der Waals surface area contributed by atoms with Crippen LogP contribution < -0.4 is 5.32 Å². The van der Waals surface area contributed by atoms with Crippen LogP contribution in [-0.2, 0) is 15.6 Å². The number of hydrogen-bond donors (Lipinski definition) is 1. The van der Waals surface area contributed by atoms with Gasteiger partial charge in [-0.1, -0.05) is 29.8 Å². The molecular formula is C13H21NO2S. The van der Waals surface area contributed by atoms with E-state index >= 15 is 0 Å². The van der Waals surface area contributed by atoms with Gasteiger partial charge >= 0.3 is 0 Å². The first kappa shape index (κ1) is 14.2. The summed E-state index contributed by atoms with van der Waals surface area (Å²) in [5.74, 6) is 0.383. The highest BCUT2D eigenvalue weighted by Gasteiger charge is 2.13. The topological polar surface area (TPSA) is 46.2 Å². The molecule has 1 atom stereocenters. The number of aryl methyl sites for hydroxylation is 1. The molecular weight excluding hydrogens is 234 g/mol. The minimum absolute atomic E-state index is 0.144. The molecule has 0 fully saturated rings. The van der Waals surface area contributed by atoms with Crippen molar-refractivity contribution in [2.24, 2.45) is 0 Å². The molecule has 1 rings (SSSR count). The molecule has 96 valence electrons. The van der Waals surface area contributed by atoms with Crippen molar-refractivity contribution in [3.63, 3.8) is 0 Å². The first-order valence-corrected chi connectivity index (χ1v) is 7.68. The third kappa shape index (κ3) is 5.33. The van der Waals surface area contributed by atoms with Crippen LogP contribution in [0.25, 0.3) is 0 Å². The van der Waals surface area contributed by atoms with Crippen molar-refractivity contribution in [2.75, 3.05) is 12.8 Å². The van der Waals surface area contributed by atoms with Crippen molar-refractivity contribution >= 4 is 9.84 Å². The average Bonchev–Trinajstić information content (AvgIpc) is 2.25. The molecule has 0 bridgehead atoms. The van der Waals surface area contributed by atoms with Gasteiger partial charge in [0.05, 0.1) is 11.5 Å². The number of sulfone groups is 1. The van der Waals surface area contributed by atoms with E-state index in [9.17, 15) is 8.42 Å². The third-order valence-corrected chi connectivity index (χ3v) is 4.45. The second kappa shape index (κ2) is 6.17. The van der Waals surface area contributed by atoms with Crippen LogP contribution >= 0.6 is 0 Å². The zero-order chi connectivity index (χ0) is 12.9. The van der Waals surface area contributed by atoms with E-state index in [1.807, 2.05) is 45.2 Å². The Hall–Kier alpha value is -0.870. The lowest BCUT2D eigenvalue weighted by Crippen LogP contribution is -2.24. The highest BCUT2D eigenvalue weighted by Crippen LogP contribution is 2.10. The Bertz CT molecular complexity index is 454. The molecule has 0 aliphatic carbocycles. The van der Waals surface area contributed by atoms with Crippen LogP contribution in [0, 0.1) is 6.92 Å². The molecule has 0 heterocycles. The van der Waals surface area contributed by atoms with Crippen LogP contribution in [-0.4, -0.2) is 27.3 Å². The maximum absolute atomic E-state index is 11.9. The van der Waals surface area contributed by atoms with Gasteiger partial charge in [-0.05, 0) is 32.9 Å². The Morgan fingerprint density at radius 1 is 1.35 bits per heavy atom. The molecule has 0 spiro atoms. The van der Waals surface area contributed by atoms with Crippen molar-refractivity contribution in [1.82, 2.24) is 5.32 Å². The SMILES string of the molecule is CNC(C)CCS(=O)(=O)Cc1cccc(C)c1. The first-order chi connectivity index (χ1) is 7.93. The molecule has 0 amide bonds. The maximum atomic E-state index is 11.9. The Kier molecular flexibility index (Phi) is 5.15. The summed E-state index contributed by atoms with van der Waals surface area (Å²) in [5.41, 5.74) is 1.98. The van der Waals surface area contributed by atoms with Crippen LogP contribution in [0.15, 0.2) is 24.3 Å². The third-order valence-electron chi connectivity index (χ3n) is 2.82. The predicted molar refractivity (Wildman–Crippen MR) is 71.8 cm³/mol. The highest BCUT2D eigenvalue weighted by molar-refractivity contribution is 7.90. The van der Waals surface area contributed by atoms with E-state index in [4.69, 9.17) is 0 Å². The Balaban J connectivity index is 2.61. The lowest BCUT2D eigenvalue weighted by atomic mass is 10.2. The fourth-order valence-electron chi connectivity index (χ4n) is 1.63. The second-order valence-corrected chi connectivity index (χ2v) is 6.74. The molecule has 1 N–H and O–H groups in total. The summed E-state index contributed by atoms with van der Waals surface area (Å²) in [6.07, 6.45) is 0.657. The van der Waals surface area contributed by atoms with Crippen molar-refractivity contribution in [3.8, 4) is 0 Å². The predicted octanol–water partition coefficient (Wildman–Crippen LogP) is 1.91. The minimum Gasteiger partial charge on any atom is -0.317 e. The van der Waals surface area contributed by atoms with Crippen LogP contribution in [0.5, 0.6) is 0 Å². The fourth-order valence-corrected chi connectivity index (χ4v) is 3.17. The quantitative estimate of drug-likeness (QED) is 0.844. The largest absolute Gasteiger partial charge is 0.317 e. The van der Waals surface area contributed by atoms with Gasteiger partial charge in [0.15, 0.2) is 9.84 Å². The molecule has 17 heavy (non-hydrogen) atoms. The van der Waals surface area contributed by atoms with Crippen LogP contribution in [0.3, 0.4) is 0 Å². The summed E-state index contributed by atoms with van der Waals surface area (Å²) in [4.78, 5) is 0. The van der Waals surface area contributed by atoms with E-state index in [0.29, 0.717) is 6.42 Å². The molecule has 3 nitrogen and oxygen atoms in total. The Morgan fingerprint density at radius 2 is 2.06 bits per heavy atom. The highest BCUT2D eigenvalue weighted by atomic mass is 32.2. The summed E-state index contributed by atoms with van der Waals surface area (Å²) in [6, 6.07) is 7.91. The summed E-state index contributed by atoms with van der Waals surface area (Å²) >= 11 is 0. The van der Waals surface area contributed by atoms with Gasteiger partial charge in [-0.2, -0.15) is 0 Å². The summed E-state index contributed by atoms with van der Waals surface area (Å²) < 4.78 is 23.8. The molecule has 1 aromatic carbocycles. The van der Waals surface area contributed by atoms with Gasteiger partial charge in [0.1, 0.15) is 0 Å². The van der Waals surface area contributed by atoms with E-state index in [0.717, 1.165) is 11.1 Å². The summed E-state index contributed by atoms with van der Waals surface area (Å²) in [5, 5.41) is 3.05. The van der Waals surface area contributed by atoms with Gasteiger partial charge < -0.3 is 5.32 Å². The molecule has 1 aromatic rings. The van der Waals surface area contributed by atoms with Gasteiger partial charge in [0, 0.05) is 6.04 Å². The fraction of sp³-hybridized carbons (Fsp3) is 0.538. The smallest absolute Gasteiger partial charge is 0.154 e. The van der Waals surface area contributed by atoms with Gasteiger partial charge in [0.2, 0.25) is 0 Å². The standard InChI is InChI=1S/C13H21NO2S/c1-11-5-4-6-13(9-11)10-17(15,16)8-7-12(2)14-3/h4-6,9,12,14H,7-8,10H2,1-3H3. The molecule has 1 unspecified atom stereocenters. The Labute approximate surface area is 104 Å². The van der Waals surface area contributed by atoms with Gasteiger partial charge in [-0.25, -0.2) is 8.42 Å². The van der Waals surface area contributed by atoms with Gasteiger partial charge in [-0.3, -0.25) is 0 Å². The first-order valence-electron chi connectivity index (χ1n) is 5.86. The van der Waals surface area contributed by atoms with E-state index in [2.05, 4.69) is 5.32 Å². The molecule has 0 radical (unpaired) electrons. The number of benzene rings is 1. The number of rotatable bonds is 6. The summed E-state index contributed by atoms with van der Waals surface area (Å²) in [7, 11) is -1.15. The van der Waals surface area contributed by atoms with Crippen molar-refractivity contribution in [1.29, 1.82) is 0 Å². The maximum Gasteiger partial charge on any atom is 0.154 e. The Morgan fingerprint density at radius 3 is 2.65 bits per heavy atom. The zero-order valence-corrected chi connectivity index (χ0v) is 11.5. The van der Waals surface area contributed by atoms with Crippen molar-refractivity contribution in [3.05, 3.63) is 35.4 Å². The second-order valence-electron chi connectivity index (χ2n) is 4.56. The lowest BCUT2D eigenvalue weighted by Gasteiger charge is -2.10. The lowest BCUT2D eigenvalue weighted by molar-refractivity contribution is 0.565. The summed E-state index contributed by atoms with van der Waals surface area (Å²) in [6.45, 7) is 3.96. The molecule has 0 saturated carbocycles. The van der Waals surface area contributed by atoms with E-state index < -0.39 is 9.84 Å². The molecule has 0 aromatic heterocycles. The number of nitrogens with one attached hydrogen (secondary N) is 1. The molecule has 0 aliphatic rings. The average molecular weight is 255 g/mol. The van der Waals surface area contributed by atoms with E-state index in [1.54, 1.807) is 0 Å². The van der Waals surface area contributed by atoms with Crippen molar-refractivity contribution < 1.29 is 8.42 Å². The van der Waals surface area contributed by atoms with Crippen LogP contribution in [0.2, 0.25) is 0 Å². The monoisotopic (exact) mass is 255 g/mol. The van der Waals surface area contributed by atoms with E-state index in [-0.39, 0.29) is 17.5 Å². The van der Waals surface area contributed by atoms with Gasteiger partial charge in [-0.15, -0.1) is 0 Å². The van der Waals surface area contributed by atoms with Crippen LogP contribution in [0.4, 0.5) is 0 Å². The normalized spacial score (nSPS) is 13.6. The molecule has 0 saturated heterocycles. The molecule has 0 aliphatic heterocycles.